The SMILES string of the molecule is O=C1COC(=O)/C1=C\C=C/c1ccccc1. The van der Waals surface area contributed by atoms with E-state index in [9.17, 15) is 9.59 Å². The molecule has 1 aromatic carbocycles. The molecule has 1 aliphatic rings. The van der Waals surface area contributed by atoms with Crippen molar-refractivity contribution >= 4 is 17.8 Å². The van der Waals surface area contributed by atoms with Crippen LogP contribution in [-0.4, -0.2) is 18.4 Å². The molecule has 0 saturated carbocycles. The summed E-state index contributed by atoms with van der Waals surface area (Å²) in [5.41, 5.74) is 1.13. The molecule has 3 heteroatoms. The van der Waals surface area contributed by atoms with Crippen molar-refractivity contribution in [3.05, 3.63) is 53.6 Å². The molecule has 0 bridgehead atoms. The summed E-state index contributed by atoms with van der Waals surface area (Å²) >= 11 is 0. The van der Waals surface area contributed by atoms with Crippen molar-refractivity contribution in [2.75, 3.05) is 6.61 Å². The molecule has 0 atom stereocenters. The van der Waals surface area contributed by atoms with Gasteiger partial charge in [0.15, 0.2) is 6.61 Å². The van der Waals surface area contributed by atoms with Crippen LogP contribution in [-0.2, 0) is 14.3 Å². The third-order valence-corrected chi connectivity index (χ3v) is 2.21. The molecule has 1 aliphatic heterocycles. The van der Waals surface area contributed by atoms with Gasteiger partial charge >= 0.3 is 5.97 Å². The Morgan fingerprint density at radius 3 is 2.50 bits per heavy atom. The van der Waals surface area contributed by atoms with E-state index in [1.807, 2.05) is 36.4 Å². The van der Waals surface area contributed by atoms with E-state index < -0.39 is 5.97 Å². The third-order valence-electron chi connectivity index (χ3n) is 2.21. The number of carbonyl (C=O) groups is 2. The average molecular weight is 214 g/mol. The van der Waals surface area contributed by atoms with Gasteiger partial charge < -0.3 is 4.74 Å². The number of esters is 1. The molecule has 80 valence electrons. The second kappa shape index (κ2) is 4.57. The summed E-state index contributed by atoms with van der Waals surface area (Å²) in [5.74, 6) is -0.801. The number of benzene rings is 1. The second-order valence-corrected chi connectivity index (χ2v) is 3.35. The number of ketones is 1. The highest BCUT2D eigenvalue weighted by Gasteiger charge is 2.26. The van der Waals surface area contributed by atoms with Gasteiger partial charge in [-0.1, -0.05) is 42.5 Å². The van der Waals surface area contributed by atoms with Gasteiger partial charge in [0.25, 0.3) is 0 Å². The van der Waals surface area contributed by atoms with Gasteiger partial charge in [-0.2, -0.15) is 0 Å². The van der Waals surface area contributed by atoms with Crippen molar-refractivity contribution in [2.24, 2.45) is 0 Å². The van der Waals surface area contributed by atoms with E-state index in [4.69, 9.17) is 0 Å². The molecule has 0 unspecified atom stereocenters. The summed E-state index contributed by atoms with van der Waals surface area (Å²) in [6.45, 7) is -0.135. The lowest BCUT2D eigenvalue weighted by Gasteiger charge is -1.89. The maximum Gasteiger partial charge on any atom is 0.342 e. The Bertz CT molecular complexity index is 451. The number of hydrogen-bond acceptors (Lipinski definition) is 3. The van der Waals surface area contributed by atoms with Gasteiger partial charge in [0.1, 0.15) is 5.57 Å². The van der Waals surface area contributed by atoms with Crippen LogP contribution < -0.4 is 0 Å². The first kappa shape index (κ1) is 10.4. The lowest BCUT2D eigenvalue weighted by atomic mass is 10.1. The normalized spacial score (nSPS) is 18.4. The van der Waals surface area contributed by atoms with Crippen molar-refractivity contribution in [3.8, 4) is 0 Å². The highest BCUT2D eigenvalue weighted by atomic mass is 16.5. The molecule has 1 heterocycles. The maximum absolute atomic E-state index is 11.2. The minimum Gasteiger partial charge on any atom is -0.454 e. The first-order valence-electron chi connectivity index (χ1n) is 4.91. The van der Waals surface area contributed by atoms with E-state index in [0.717, 1.165) is 5.56 Å². The predicted octanol–water partition coefficient (Wildman–Crippen LogP) is 1.75. The van der Waals surface area contributed by atoms with Crippen molar-refractivity contribution in [1.29, 1.82) is 0 Å². The van der Waals surface area contributed by atoms with Crippen LogP contribution in [0, 0.1) is 0 Å². The Balaban J connectivity index is 2.12. The third kappa shape index (κ3) is 2.25. The van der Waals surface area contributed by atoms with Gasteiger partial charge in [-0.05, 0) is 11.6 Å². The first-order valence-corrected chi connectivity index (χ1v) is 4.91. The van der Waals surface area contributed by atoms with Crippen molar-refractivity contribution in [3.63, 3.8) is 0 Å². The second-order valence-electron chi connectivity index (χ2n) is 3.35. The number of cyclic esters (lactones) is 1. The predicted molar refractivity (Wildman–Crippen MR) is 59.5 cm³/mol. The van der Waals surface area contributed by atoms with Crippen molar-refractivity contribution < 1.29 is 14.3 Å². The number of carbonyl (C=O) groups excluding carboxylic acids is 2. The molecule has 1 aromatic rings. The largest absolute Gasteiger partial charge is 0.454 e. The topological polar surface area (TPSA) is 43.4 Å². The van der Waals surface area contributed by atoms with Crippen LogP contribution in [0.1, 0.15) is 5.56 Å². The van der Waals surface area contributed by atoms with Gasteiger partial charge in [0, 0.05) is 0 Å². The zero-order chi connectivity index (χ0) is 11.4. The van der Waals surface area contributed by atoms with E-state index in [0.29, 0.717) is 0 Å². The molecular weight excluding hydrogens is 204 g/mol. The average Bonchev–Trinajstić information content (AvgIpc) is 2.62. The van der Waals surface area contributed by atoms with E-state index >= 15 is 0 Å². The minimum atomic E-state index is -0.539. The Hall–Kier alpha value is -2.16. The van der Waals surface area contributed by atoms with Gasteiger partial charge in [0.05, 0.1) is 0 Å². The van der Waals surface area contributed by atoms with Crippen LogP contribution in [0.4, 0.5) is 0 Å². The summed E-state index contributed by atoms with van der Waals surface area (Å²) in [5, 5.41) is 0. The Morgan fingerprint density at radius 2 is 1.88 bits per heavy atom. The van der Waals surface area contributed by atoms with Crippen LogP contribution in [0.15, 0.2) is 48.1 Å². The molecule has 3 nitrogen and oxygen atoms in total. The van der Waals surface area contributed by atoms with Gasteiger partial charge in [-0.15, -0.1) is 0 Å². The number of hydrogen-bond donors (Lipinski definition) is 0. The summed E-state index contributed by atoms with van der Waals surface area (Å²) in [4.78, 5) is 22.3. The molecular formula is C13H10O3. The highest BCUT2D eigenvalue weighted by molar-refractivity contribution is 6.22. The molecule has 0 aromatic heterocycles. The molecule has 0 amide bonds. The fourth-order valence-corrected chi connectivity index (χ4v) is 1.38. The van der Waals surface area contributed by atoms with E-state index in [1.165, 1.54) is 6.08 Å². The zero-order valence-corrected chi connectivity index (χ0v) is 8.55. The monoisotopic (exact) mass is 214 g/mol. The summed E-state index contributed by atoms with van der Waals surface area (Å²) < 4.78 is 4.59. The first-order chi connectivity index (χ1) is 7.77. The standard InChI is InChI=1S/C13H10O3/c14-12-9-16-13(15)11(12)8-4-7-10-5-2-1-3-6-10/h1-8H,9H2/b7-4-,11-8-. The van der Waals surface area contributed by atoms with Gasteiger partial charge in [0.2, 0.25) is 5.78 Å². The summed E-state index contributed by atoms with van der Waals surface area (Å²) in [7, 11) is 0. The van der Waals surface area contributed by atoms with Crippen LogP contribution in [0.5, 0.6) is 0 Å². The highest BCUT2D eigenvalue weighted by Crippen LogP contribution is 2.10. The lowest BCUT2D eigenvalue weighted by molar-refractivity contribution is -0.135. The van der Waals surface area contributed by atoms with E-state index in [-0.39, 0.29) is 18.0 Å². The Kier molecular flexibility index (Phi) is 2.96. The number of ether oxygens (including phenoxy) is 1. The zero-order valence-electron chi connectivity index (χ0n) is 8.55. The molecule has 0 radical (unpaired) electrons. The molecule has 0 aliphatic carbocycles. The Labute approximate surface area is 93.0 Å². The fraction of sp³-hybridized carbons (Fsp3) is 0.0769. The maximum atomic E-state index is 11.2. The molecule has 0 N–H and O–H groups in total. The summed E-state index contributed by atoms with van der Waals surface area (Å²) in [6.07, 6.45) is 4.99. The smallest absolute Gasteiger partial charge is 0.342 e. The fourth-order valence-electron chi connectivity index (χ4n) is 1.38. The number of Topliss-reactive ketones (excluding diaryl/α,β-unsaturated/α-hetero) is 1. The van der Waals surface area contributed by atoms with Crippen LogP contribution in [0.3, 0.4) is 0 Å². The quantitative estimate of drug-likeness (QED) is 0.428. The summed E-state index contributed by atoms with van der Waals surface area (Å²) in [6, 6.07) is 9.63. The van der Waals surface area contributed by atoms with Gasteiger partial charge in [-0.25, -0.2) is 4.79 Å². The number of rotatable bonds is 2. The molecule has 1 fully saturated rings. The molecule has 1 saturated heterocycles. The van der Waals surface area contributed by atoms with Crippen molar-refractivity contribution in [2.45, 2.75) is 0 Å². The van der Waals surface area contributed by atoms with Crippen LogP contribution in [0.2, 0.25) is 0 Å². The van der Waals surface area contributed by atoms with Crippen molar-refractivity contribution in [1.82, 2.24) is 0 Å². The van der Waals surface area contributed by atoms with E-state index in [1.54, 1.807) is 6.08 Å². The minimum absolute atomic E-state index is 0.118. The van der Waals surface area contributed by atoms with Crippen LogP contribution >= 0.6 is 0 Å². The number of allylic oxidation sites excluding steroid dienone is 2. The molecule has 2 rings (SSSR count). The molecule has 0 spiro atoms. The van der Waals surface area contributed by atoms with Gasteiger partial charge in [-0.3, -0.25) is 4.79 Å². The van der Waals surface area contributed by atoms with E-state index in [2.05, 4.69) is 4.74 Å². The lowest BCUT2D eigenvalue weighted by Crippen LogP contribution is -1.99. The van der Waals surface area contributed by atoms with Crippen LogP contribution in [0.25, 0.3) is 6.08 Å². The Morgan fingerprint density at radius 1 is 1.12 bits per heavy atom. The molecule has 16 heavy (non-hydrogen) atoms.